The van der Waals surface area contributed by atoms with Gasteiger partial charge in [0, 0.05) is 37.3 Å². The van der Waals surface area contributed by atoms with Crippen molar-refractivity contribution in [1.29, 1.82) is 0 Å². The van der Waals surface area contributed by atoms with Crippen molar-refractivity contribution < 1.29 is 9.84 Å². The number of aliphatic imine (C=N–C) groups is 1. The molecule has 24 heavy (non-hydrogen) atoms. The number of methoxy groups -OCH3 is 1. The second-order valence-corrected chi connectivity index (χ2v) is 7.18. The first-order valence-corrected chi connectivity index (χ1v) is 8.69. The largest absolute Gasteiger partial charge is 0.384 e. The normalized spacial score (nSPS) is 24.8. The van der Waals surface area contributed by atoms with E-state index in [4.69, 9.17) is 4.74 Å². The molecule has 2 heterocycles. The van der Waals surface area contributed by atoms with Crippen LogP contribution >= 0.6 is 0 Å². The van der Waals surface area contributed by atoms with Crippen molar-refractivity contribution >= 4 is 11.9 Å². The molecule has 0 saturated heterocycles. The van der Waals surface area contributed by atoms with E-state index in [1.807, 2.05) is 18.3 Å². The number of aliphatic hydroxyl groups is 1. The van der Waals surface area contributed by atoms with Gasteiger partial charge < -0.3 is 14.7 Å². The summed E-state index contributed by atoms with van der Waals surface area (Å²) >= 11 is 0. The van der Waals surface area contributed by atoms with Gasteiger partial charge in [-0.1, -0.05) is 0 Å². The molecule has 1 aliphatic carbocycles. The molecule has 0 aromatic carbocycles. The molecule has 1 saturated carbocycles. The fourth-order valence-corrected chi connectivity index (χ4v) is 3.40. The Labute approximate surface area is 144 Å². The minimum absolute atomic E-state index is 0.418. The van der Waals surface area contributed by atoms with Crippen molar-refractivity contribution in [2.45, 2.75) is 57.3 Å². The molecule has 1 aromatic rings. The molecule has 1 fully saturated rings. The summed E-state index contributed by atoms with van der Waals surface area (Å²) in [5.74, 6) is 0. The Hall–Kier alpha value is -1.72. The minimum atomic E-state index is -0.922. The van der Waals surface area contributed by atoms with E-state index < -0.39 is 5.60 Å². The maximum absolute atomic E-state index is 10.0. The van der Waals surface area contributed by atoms with Crippen LogP contribution in [-0.4, -0.2) is 47.0 Å². The molecule has 0 radical (unpaired) electrons. The van der Waals surface area contributed by atoms with Gasteiger partial charge in [-0.15, -0.1) is 0 Å². The zero-order valence-electron chi connectivity index (χ0n) is 14.8. The summed E-state index contributed by atoms with van der Waals surface area (Å²) in [6.07, 6.45) is 10.9. The van der Waals surface area contributed by atoms with Gasteiger partial charge >= 0.3 is 0 Å². The molecule has 3 rings (SSSR count). The molecule has 0 spiro atoms. The Morgan fingerprint density at radius 2 is 1.96 bits per heavy atom. The van der Waals surface area contributed by atoms with Crippen LogP contribution in [0.15, 0.2) is 29.5 Å². The van der Waals surface area contributed by atoms with Gasteiger partial charge in [-0.3, -0.25) is 9.98 Å². The van der Waals surface area contributed by atoms with Gasteiger partial charge in [0.15, 0.2) is 0 Å². The summed E-state index contributed by atoms with van der Waals surface area (Å²) in [5, 5.41) is 10.0. The molecule has 1 aromatic heterocycles. The summed E-state index contributed by atoms with van der Waals surface area (Å²) in [4.78, 5) is 11.3. The lowest BCUT2D eigenvalue weighted by atomic mass is 9.91. The van der Waals surface area contributed by atoms with Crippen molar-refractivity contribution in [2.75, 3.05) is 13.7 Å². The first-order valence-electron chi connectivity index (χ1n) is 8.69. The van der Waals surface area contributed by atoms with E-state index in [0.29, 0.717) is 17.8 Å². The van der Waals surface area contributed by atoms with Crippen molar-refractivity contribution in [3.63, 3.8) is 0 Å². The average molecular weight is 329 g/mol. The van der Waals surface area contributed by atoms with Gasteiger partial charge in [-0.2, -0.15) is 0 Å². The summed E-state index contributed by atoms with van der Waals surface area (Å²) < 4.78 is 5.47. The molecule has 2 aliphatic rings. The van der Waals surface area contributed by atoms with Gasteiger partial charge in [-0.25, -0.2) is 0 Å². The van der Waals surface area contributed by atoms with Gasteiger partial charge in [0.1, 0.15) is 5.60 Å². The maximum atomic E-state index is 10.0. The van der Waals surface area contributed by atoms with Gasteiger partial charge in [0.05, 0.1) is 24.0 Å². The molecule has 130 valence electrons. The summed E-state index contributed by atoms with van der Waals surface area (Å²) in [6.45, 7) is 4.34. The highest BCUT2D eigenvalue weighted by atomic mass is 16.5. The molecule has 5 nitrogen and oxygen atoms in total. The number of rotatable bonds is 4. The zero-order chi connectivity index (χ0) is 17.2. The highest BCUT2D eigenvalue weighted by molar-refractivity contribution is 5.76. The fraction of sp³-hybridized carbons (Fsp3) is 0.579. The van der Waals surface area contributed by atoms with Crippen LogP contribution in [0, 0.1) is 0 Å². The van der Waals surface area contributed by atoms with E-state index in [2.05, 4.69) is 21.1 Å². The first kappa shape index (κ1) is 17.1. The predicted molar refractivity (Wildman–Crippen MR) is 95.7 cm³/mol. The van der Waals surface area contributed by atoms with Crippen LogP contribution in [0.1, 0.15) is 50.8 Å². The number of ether oxygens (including phenoxy) is 1. The lowest BCUT2D eigenvalue weighted by Crippen LogP contribution is -2.38. The van der Waals surface area contributed by atoms with Crippen molar-refractivity contribution in [3.05, 3.63) is 35.8 Å². The Balaban J connectivity index is 1.71. The summed E-state index contributed by atoms with van der Waals surface area (Å²) in [7, 11) is 1.81. The highest BCUT2D eigenvalue weighted by Gasteiger charge is 2.25. The van der Waals surface area contributed by atoms with Crippen LogP contribution in [0.3, 0.4) is 0 Å². The van der Waals surface area contributed by atoms with E-state index in [9.17, 15) is 5.11 Å². The minimum Gasteiger partial charge on any atom is -0.384 e. The fourth-order valence-electron chi connectivity index (χ4n) is 3.40. The molecule has 0 amide bonds. The van der Waals surface area contributed by atoms with Crippen LogP contribution in [0.25, 0.3) is 5.70 Å². The van der Waals surface area contributed by atoms with E-state index >= 15 is 0 Å². The molecule has 0 unspecified atom stereocenters. The van der Waals surface area contributed by atoms with Crippen molar-refractivity contribution in [3.8, 4) is 0 Å². The van der Waals surface area contributed by atoms with E-state index in [1.165, 1.54) is 0 Å². The third-order valence-corrected chi connectivity index (χ3v) is 4.94. The maximum Gasteiger partial charge on any atom is 0.101 e. The molecule has 5 heteroatoms. The average Bonchev–Trinajstić information content (AvgIpc) is 2.61. The SMILES string of the molecule is COC1CCC(N2C=C(c3ccc(C(C)(C)O)nc3)N=CC2)CC1. The van der Waals surface area contributed by atoms with Crippen LogP contribution in [0.2, 0.25) is 0 Å². The van der Waals surface area contributed by atoms with E-state index in [1.54, 1.807) is 27.2 Å². The molecule has 1 aliphatic heterocycles. The topological polar surface area (TPSA) is 58.0 Å². The van der Waals surface area contributed by atoms with Gasteiger partial charge in [0.2, 0.25) is 0 Å². The lowest BCUT2D eigenvalue weighted by molar-refractivity contribution is 0.0501. The molecular weight excluding hydrogens is 302 g/mol. The van der Waals surface area contributed by atoms with Crippen LogP contribution < -0.4 is 0 Å². The Morgan fingerprint density at radius 3 is 2.54 bits per heavy atom. The third kappa shape index (κ3) is 3.84. The Bertz CT molecular complexity index is 608. The Kier molecular flexibility index (Phi) is 5.01. The first-order chi connectivity index (χ1) is 11.5. The second-order valence-electron chi connectivity index (χ2n) is 7.18. The van der Waals surface area contributed by atoms with Crippen LogP contribution in [0.4, 0.5) is 0 Å². The van der Waals surface area contributed by atoms with E-state index in [0.717, 1.165) is 43.5 Å². The number of nitrogens with zero attached hydrogens (tertiary/aromatic N) is 3. The molecule has 1 N–H and O–H groups in total. The molecule has 0 atom stereocenters. The van der Waals surface area contributed by atoms with Gasteiger partial charge in [-0.05, 0) is 51.7 Å². The quantitative estimate of drug-likeness (QED) is 0.923. The van der Waals surface area contributed by atoms with Crippen molar-refractivity contribution in [2.24, 2.45) is 4.99 Å². The molecule has 0 bridgehead atoms. The number of hydrogen-bond acceptors (Lipinski definition) is 5. The number of hydrogen-bond donors (Lipinski definition) is 1. The smallest absolute Gasteiger partial charge is 0.101 e. The predicted octanol–water partition coefficient (Wildman–Crippen LogP) is 2.95. The summed E-state index contributed by atoms with van der Waals surface area (Å²) in [6, 6.07) is 4.41. The number of pyridine rings is 1. The van der Waals surface area contributed by atoms with Gasteiger partial charge in [0.25, 0.3) is 0 Å². The second kappa shape index (κ2) is 7.03. The molecular formula is C19H27N3O2. The van der Waals surface area contributed by atoms with Crippen molar-refractivity contribution in [1.82, 2.24) is 9.88 Å². The Morgan fingerprint density at radius 1 is 1.21 bits per heavy atom. The zero-order valence-corrected chi connectivity index (χ0v) is 14.8. The summed E-state index contributed by atoms with van der Waals surface area (Å²) in [5.41, 5.74) is 1.66. The van der Waals surface area contributed by atoms with Crippen LogP contribution in [-0.2, 0) is 10.3 Å². The van der Waals surface area contributed by atoms with Crippen LogP contribution in [0.5, 0.6) is 0 Å². The number of aromatic nitrogens is 1. The standard InChI is InChI=1S/C19H27N3O2/c1-19(2,23)18-9-4-14(12-21-18)17-13-22(11-10-20-17)15-5-7-16(24-3)8-6-15/h4,9-10,12-13,15-16,23H,5-8,11H2,1-3H3. The highest BCUT2D eigenvalue weighted by Crippen LogP contribution is 2.28. The third-order valence-electron chi connectivity index (χ3n) is 4.94. The monoisotopic (exact) mass is 329 g/mol. The van der Waals surface area contributed by atoms with E-state index in [-0.39, 0.29) is 0 Å². The lowest BCUT2D eigenvalue weighted by Gasteiger charge is -2.36.